The molecule has 0 spiro atoms. The maximum Gasteiger partial charge on any atom is 0.258 e. The lowest BCUT2D eigenvalue weighted by Gasteiger charge is -2.17. The third kappa shape index (κ3) is 4.76. The lowest BCUT2D eigenvalue weighted by Crippen LogP contribution is -2.33. The van der Waals surface area contributed by atoms with Gasteiger partial charge in [-0.2, -0.15) is 0 Å². The molecule has 0 aliphatic heterocycles. The summed E-state index contributed by atoms with van der Waals surface area (Å²) in [6, 6.07) is 9.45. The van der Waals surface area contributed by atoms with Crippen LogP contribution in [0, 0.1) is 0 Å². The number of carbonyl (C=O) groups is 2. The molecule has 144 valence electrons. The number of nitrogens with one attached hydrogen (secondary N) is 2. The number of fused-ring (bicyclic) bond motifs is 1. The van der Waals surface area contributed by atoms with Crippen molar-refractivity contribution in [2.45, 2.75) is 39.5 Å². The second-order valence-electron chi connectivity index (χ2n) is 6.74. The van der Waals surface area contributed by atoms with E-state index in [0.717, 1.165) is 50.0 Å². The minimum atomic E-state index is -0.140. The molecule has 0 fully saturated rings. The number of carbonyl (C=O) groups excluding carboxylic acids is 2. The van der Waals surface area contributed by atoms with E-state index in [2.05, 4.69) is 15.5 Å². The van der Waals surface area contributed by atoms with Gasteiger partial charge in [0.05, 0.1) is 12.1 Å². The van der Waals surface area contributed by atoms with Gasteiger partial charge >= 0.3 is 0 Å². The van der Waals surface area contributed by atoms with Gasteiger partial charge in [-0.15, -0.1) is 11.3 Å². The molecule has 1 aliphatic rings. The van der Waals surface area contributed by atoms with Gasteiger partial charge in [0.15, 0.2) is 0 Å². The topological polar surface area (TPSA) is 61.4 Å². The van der Waals surface area contributed by atoms with Gasteiger partial charge in [-0.1, -0.05) is 32.0 Å². The monoisotopic (exact) mass is 385 g/mol. The molecule has 0 unspecified atom stereocenters. The van der Waals surface area contributed by atoms with E-state index in [4.69, 9.17) is 0 Å². The molecule has 2 amide bonds. The van der Waals surface area contributed by atoms with Crippen LogP contribution in [0.1, 0.15) is 47.5 Å². The fourth-order valence-corrected chi connectivity index (χ4v) is 4.73. The number of hydrogen-bond donors (Lipinski definition) is 2. The first kappa shape index (κ1) is 19.6. The molecule has 0 atom stereocenters. The summed E-state index contributed by atoms with van der Waals surface area (Å²) in [4.78, 5) is 28.8. The zero-order chi connectivity index (χ0) is 19.2. The van der Waals surface area contributed by atoms with Crippen molar-refractivity contribution in [1.82, 2.24) is 4.90 Å². The Morgan fingerprint density at radius 3 is 2.44 bits per heavy atom. The van der Waals surface area contributed by atoms with Gasteiger partial charge in [-0.05, 0) is 56.5 Å². The van der Waals surface area contributed by atoms with Gasteiger partial charge < -0.3 is 10.6 Å². The molecule has 5 nitrogen and oxygen atoms in total. The Balaban J connectivity index is 1.84. The fourth-order valence-electron chi connectivity index (χ4n) is 3.43. The Morgan fingerprint density at radius 2 is 1.74 bits per heavy atom. The first-order chi connectivity index (χ1) is 13.1. The highest BCUT2D eigenvalue weighted by Crippen LogP contribution is 2.38. The standard InChI is InChI=1S/C21H27N3O2S/c1-3-24(4-2)14-18(25)23-21-19(16-12-8-9-13-17(16)27-21)20(26)22-15-10-6-5-7-11-15/h5-7,10-11H,3-4,8-9,12-14H2,1-2H3,(H,22,26)(H,23,25). The Bertz CT molecular complexity index is 797. The lowest BCUT2D eigenvalue weighted by molar-refractivity contribution is -0.117. The average Bonchev–Trinajstić information content (AvgIpc) is 3.04. The SMILES string of the molecule is CCN(CC)CC(=O)Nc1sc2c(c1C(=O)Nc1ccccc1)CCCC2. The van der Waals surface area contributed by atoms with Crippen molar-refractivity contribution in [3.05, 3.63) is 46.3 Å². The summed E-state index contributed by atoms with van der Waals surface area (Å²) in [6.07, 6.45) is 4.11. The molecule has 1 aliphatic carbocycles. The van der Waals surface area contributed by atoms with Gasteiger partial charge in [0, 0.05) is 10.6 Å². The smallest absolute Gasteiger partial charge is 0.258 e. The Hall–Kier alpha value is -2.18. The molecule has 0 saturated heterocycles. The summed E-state index contributed by atoms with van der Waals surface area (Å²) in [5, 5.41) is 6.68. The summed E-state index contributed by atoms with van der Waals surface area (Å²) in [7, 11) is 0. The van der Waals surface area contributed by atoms with E-state index in [0.29, 0.717) is 17.1 Å². The first-order valence-electron chi connectivity index (χ1n) is 9.65. The molecule has 2 aromatic rings. The largest absolute Gasteiger partial charge is 0.322 e. The van der Waals surface area contributed by atoms with Gasteiger partial charge in [-0.3, -0.25) is 14.5 Å². The van der Waals surface area contributed by atoms with E-state index in [1.165, 1.54) is 4.88 Å². The third-order valence-electron chi connectivity index (χ3n) is 4.94. The number of rotatable bonds is 7. The molecule has 1 heterocycles. The molecule has 2 N–H and O–H groups in total. The average molecular weight is 386 g/mol. The summed E-state index contributed by atoms with van der Waals surface area (Å²) in [6.45, 7) is 6.08. The van der Waals surface area contributed by atoms with Crippen molar-refractivity contribution in [2.75, 3.05) is 30.3 Å². The van der Waals surface area contributed by atoms with Crippen LogP contribution in [0.15, 0.2) is 30.3 Å². The van der Waals surface area contributed by atoms with Crippen LogP contribution in [0.4, 0.5) is 10.7 Å². The summed E-state index contributed by atoms with van der Waals surface area (Å²) >= 11 is 1.56. The number of anilines is 2. The predicted molar refractivity (Wildman–Crippen MR) is 112 cm³/mol. The summed E-state index contributed by atoms with van der Waals surface area (Å²) < 4.78 is 0. The molecule has 1 aromatic carbocycles. The van der Waals surface area contributed by atoms with Crippen LogP contribution in [-0.2, 0) is 17.6 Å². The Morgan fingerprint density at radius 1 is 1.04 bits per heavy atom. The van der Waals surface area contributed by atoms with Crippen LogP contribution in [-0.4, -0.2) is 36.3 Å². The molecule has 0 radical (unpaired) electrons. The molecular formula is C21H27N3O2S. The van der Waals surface area contributed by atoms with Gasteiger partial charge in [0.2, 0.25) is 5.91 Å². The highest BCUT2D eigenvalue weighted by molar-refractivity contribution is 7.17. The highest BCUT2D eigenvalue weighted by Gasteiger charge is 2.26. The molecule has 1 aromatic heterocycles. The molecule has 27 heavy (non-hydrogen) atoms. The van der Waals surface area contributed by atoms with E-state index in [-0.39, 0.29) is 11.8 Å². The van der Waals surface area contributed by atoms with Crippen LogP contribution in [0.25, 0.3) is 0 Å². The number of amides is 2. The zero-order valence-corrected chi connectivity index (χ0v) is 16.8. The predicted octanol–water partition coefficient (Wildman–Crippen LogP) is 4.16. The summed E-state index contributed by atoms with van der Waals surface area (Å²) in [5.41, 5.74) is 2.52. The number of para-hydroxylation sites is 1. The van der Waals surface area contributed by atoms with Gasteiger partial charge in [0.1, 0.15) is 5.00 Å². The van der Waals surface area contributed by atoms with Crippen LogP contribution >= 0.6 is 11.3 Å². The third-order valence-corrected chi connectivity index (χ3v) is 6.15. The number of thiophene rings is 1. The number of nitrogens with zero attached hydrogens (tertiary/aromatic N) is 1. The van der Waals surface area contributed by atoms with Crippen molar-refractivity contribution >= 4 is 33.8 Å². The van der Waals surface area contributed by atoms with Crippen molar-refractivity contribution < 1.29 is 9.59 Å². The minimum absolute atomic E-state index is 0.0638. The molecule has 0 saturated carbocycles. The molecule has 6 heteroatoms. The quantitative estimate of drug-likeness (QED) is 0.752. The van der Waals surface area contributed by atoms with Crippen molar-refractivity contribution in [3.8, 4) is 0 Å². The van der Waals surface area contributed by atoms with Gasteiger partial charge in [0.25, 0.3) is 5.91 Å². The van der Waals surface area contributed by atoms with Crippen molar-refractivity contribution in [2.24, 2.45) is 0 Å². The maximum atomic E-state index is 13.0. The lowest BCUT2D eigenvalue weighted by atomic mass is 9.95. The van der Waals surface area contributed by atoms with E-state index in [1.807, 2.05) is 44.2 Å². The van der Waals surface area contributed by atoms with Crippen LogP contribution in [0.2, 0.25) is 0 Å². The molecule has 3 rings (SSSR count). The number of hydrogen-bond acceptors (Lipinski definition) is 4. The normalized spacial score (nSPS) is 13.3. The zero-order valence-electron chi connectivity index (χ0n) is 16.0. The van der Waals surface area contributed by atoms with E-state index in [1.54, 1.807) is 11.3 Å². The molecule has 0 bridgehead atoms. The second-order valence-corrected chi connectivity index (χ2v) is 7.85. The van der Waals surface area contributed by atoms with Crippen LogP contribution < -0.4 is 10.6 Å². The number of aryl methyl sites for hydroxylation is 1. The van der Waals surface area contributed by atoms with Crippen LogP contribution in [0.5, 0.6) is 0 Å². The number of benzene rings is 1. The maximum absolute atomic E-state index is 13.0. The highest BCUT2D eigenvalue weighted by atomic mass is 32.1. The fraction of sp³-hybridized carbons (Fsp3) is 0.429. The van der Waals surface area contributed by atoms with Crippen LogP contribution in [0.3, 0.4) is 0 Å². The minimum Gasteiger partial charge on any atom is -0.322 e. The van der Waals surface area contributed by atoms with Crippen molar-refractivity contribution in [1.29, 1.82) is 0 Å². The molecular weight excluding hydrogens is 358 g/mol. The van der Waals surface area contributed by atoms with Gasteiger partial charge in [-0.25, -0.2) is 0 Å². The van der Waals surface area contributed by atoms with Crippen molar-refractivity contribution in [3.63, 3.8) is 0 Å². The Kier molecular flexibility index (Phi) is 6.63. The number of likely N-dealkylation sites (N-methyl/N-ethyl adjacent to an activating group) is 1. The summed E-state index contributed by atoms with van der Waals surface area (Å²) in [5.74, 6) is -0.204. The van der Waals surface area contributed by atoms with E-state index >= 15 is 0 Å². The Labute approximate surface area is 164 Å². The van der Waals surface area contributed by atoms with E-state index < -0.39 is 0 Å². The first-order valence-corrected chi connectivity index (χ1v) is 10.5. The van der Waals surface area contributed by atoms with E-state index in [9.17, 15) is 9.59 Å². The second kappa shape index (κ2) is 9.15.